The lowest BCUT2D eigenvalue weighted by Gasteiger charge is -2.17. The van der Waals surface area contributed by atoms with Crippen molar-refractivity contribution in [1.29, 1.82) is 0 Å². The summed E-state index contributed by atoms with van der Waals surface area (Å²) in [7, 11) is -0.671. The molecule has 1 fully saturated rings. The predicted octanol–water partition coefficient (Wildman–Crippen LogP) is 1.66. The van der Waals surface area contributed by atoms with Gasteiger partial charge in [-0.25, -0.2) is 0 Å². The summed E-state index contributed by atoms with van der Waals surface area (Å²) in [6, 6.07) is 0.190. The lowest BCUT2D eigenvalue weighted by atomic mass is 10.0. The Labute approximate surface area is 83.7 Å². The second kappa shape index (κ2) is 5.76. The van der Waals surface area contributed by atoms with Crippen molar-refractivity contribution in [2.75, 3.05) is 11.5 Å². The van der Waals surface area contributed by atoms with Crippen LogP contribution in [-0.4, -0.2) is 21.8 Å². The zero-order valence-corrected chi connectivity index (χ0v) is 9.31. The Hall–Kier alpha value is 0.110. The summed E-state index contributed by atoms with van der Waals surface area (Å²) >= 11 is 0. The van der Waals surface area contributed by atoms with Gasteiger partial charge in [0.2, 0.25) is 0 Å². The smallest absolute Gasteiger partial charge is 0.0389 e. The third kappa shape index (κ3) is 3.77. The van der Waals surface area contributed by atoms with E-state index in [0.717, 1.165) is 17.9 Å². The van der Waals surface area contributed by atoms with Gasteiger partial charge >= 0.3 is 0 Å². The molecule has 2 N–H and O–H groups in total. The molecular formula is C10H21NOS. The Balaban J connectivity index is 2.22. The van der Waals surface area contributed by atoms with E-state index in [1.807, 2.05) is 0 Å². The van der Waals surface area contributed by atoms with Crippen molar-refractivity contribution in [3.8, 4) is 0 Å². The molecule has 2 nitrogen and oxygen atoms in total. The van der Waals surface area contributed by atoms with Crippen LogP contribution in [0.15, 0.2) is 0 Å². The first-order valence-corrected chi connectivity index (χ1v) is 6.83. The molecule has 13 heavy (non-hydrogen) atoms. The lowest BCUT2D eigenvalue weighted by molar-refractivity contribution is 0.460. The van der Waals surface area contributed by atoms with E-state index in [0.29, 0.717) is 5.92 Å². The first-order valence-electron chi connectivity index (χ1n) is 5.34. The van der Waals surface area contributed by atoms with E-state index in [1.54, 1.807) is 0 Å². The van der Waals surface area contributed by atoms with Crippen LogP contribution >= 0.6 is 0 Å². The predicted molar refractivity (Wildman–Crippen MR) is 58.1 cm³/mol. The van der Waals surface area contributed by atoms with Crippen molar-refractivity contribution in [2.45, 2.75) is 45.1 Å². The fourth-order valence-corrected chi connectivity index (χ4v) is 3.37. The van der Waals surface area contributed by atoms with Gasteiger partial charge in [0.1, 0.15) is 0 Å². The highest BCUT2D eigenvalue weighted by Crippen LogP contribution is 2.27. The van der Waals surface area contributed by atoms with E-state index < -0.39 is 10.8 Å². The van der Waals surface area contributed by atoms with Gasteiger partial charge in [-0.2, -0.15) is 0 Å². The van der Waals surface area contributed by atoms with Gasteiger partial charge in [0.25, 0.3) is 0 Å². The summed E-state index contributed by atoms with van der Waals surface area (Å²) in [6.07, 6.45) is 6.15. The summed E-state index contributed by atoms with van der Waals surface area (Å²) < 4.78 is 11.4. The molecule has 0 aromatic carbocycles. The summed E-state index contributed by atoms with van der Waals surface area (Å²) in [5.41, 5.74) is 6.02. The van der Waals surface area contributed by atoms with Crippen LogP contribution in [0.5, 0.6) is 0 Å². The molecule has 2 unspecified atom stereocenters. The van der Waals surface area contributed by atoms with Crippen molar-refractivity contribution >= 4 is 10.8 Å². The molecule has 0 aromatic rings. The highest BCUT2D eigenvalue weighted by atomic mass is 32.2. The third-order valence-electron chi connectivity index (χ3n) is 2.82. The molecule has 1 aliphatic carbocycles. The van der Waals surface area contributed by atoms with Gasteiger partial charge in [0.15, 0.2) is 0 Å². The molecule has 0 aromatic heterocycles. The average Bonchev–Trinajstić information content (AvgIpc) is 2.55. The second-order valence-electron chi connectivity index (χ2n) is 4.02. The molecule has 0 aliphatic heterocycles. The number of hydrogen-bond donors (Lipinski definition) is 1. The van der Waals surface area contributed by atoms with Crippen molar-refractivity contribution < 1.29 is 4.21 Å². The van der Waals surface area contributed by atoms with E-state index >= 15 is 0 Å². The zero-order valence-electron chi connectivity index (χ0n) is 8.50. The molecule has 0 radical (unpaired) electrons. The van der Waals surface area contributed by atoms with E-state index in [4.69, 9.17) is 5.73 Å². The minimum Gasteiger partial charge on any atom is -0.327 e. The van der Waals surface area contributed by atoms with Crippen LogP contribution in [0.3, 0.4) is 0 Å². The van der Waals surface area contributed by atoms with Crippen molar-refractivity contribution in [3.05, 3.63) is 0 Å². The van der Waals surface area contributed by atoms with Gasteiger partial charge in [-0.1, -0.05) is 19.8 Å². The van der Waals surface area contributed by atoms with E-state index in [-0.39, 0.29) is 6.04 Å². The number of hydrogen-bond acceptors (Lipinski definition) is 2. The van der Waals surface area contributed by atoms with Crippen LogP contribution in [0, 0.1) is 5.92 Å². The van der Waals surface area contributed by atoms with Gasteiger partial charge in [-0.15, -0.1) is 0 Å². The second-order valence-corrected chi connectivity index (χ2v) is 5.64. The Morgan fingerprint density at radius 1 is 1.46 bits per heavy atom. The molecule has 1 aliphatic rings. The Morgan fingerprint density at radius 3 is 2.62 bits per heavy atom. The SMILES string of the molecule is CCCS(=O)CC(N)C1CCCC1. The van der Waals surface area contributed by atoms with Gasteiger partial charge in [0, 0.05) is 28.3 Å². The Kier molecular flexibility index (Phi) is 4.96. The largest absolute Gasteiger partial charge is 0.327 e. The monoisotopic (exact) mass is 203 g/mol. The number of nitrogens with two attached hydrogens (primary N) is 1. The normalized spacial score (nSPS) is 23.2. The van der Waals surface area contributed by atoms with E-state index in [9.17, 15) is 4.21 Å². The molecule has 0 spiro atoms. The Bertz CT molecular complexity index is 166. The first-order chi connectivity index (χ1) is 6.24. The van der Waals surface area contributed by atoms with Crippen LogP contribution in [-0.2, 0) is 10.8 Å². The summed E-state index contributed by atoms with van der Waals surface area (Å²) in [6.45, 7) is 2.07. The van der Waals surface area contributed by atoms with Crippen molar-refractivity contribution in [2.24, 2.45) is 11.7 Å². The van der Waals surface area contributed by atoms with Crippen LogP contribution < -0.4 is 5.73 Å². The molecule has 0 saturated heterocycles. The first kappa shape index (κ1) is 11.2. The molecular weight excluding hydrogens is 182 g/mol. The van der Waals surface area contributed by atoms with Gasteiger partial charge in [0.05, 0.1) is 0 Å². The molecule has 78 valence electrons. The molecule has 1 saturated carbocycles. The fraction of sp³-hybridized carbons (Fsp3) is 1.00. The maximum atomic E-state index is 11.4. The minimum absolute atomic E-state index is 0.190. The van der Waals surface area contributed by atoms with Crippen LogP contribution in [0.1, 0.15) is 39.0 Å². The highest BCUT2D eigenvalue weighted by molar-refractivity contribution is 7.85. The van der Waals surface area contributed by atoms with Gasteiger partial charge < -0.3 is 5.73 Å². The van der Waals surface area contributed by atoms with Crippen LogP contribution in [0.4, 0.5) is 0 Å². The summed E-state index contributed by atoms with van der Waals surface area (Å²) in [5, 5.41) is 0. The van der Waals surface area contributed by atoms with Crippen molar-refractivity contribution in [1.82, 2.24) is 0 Å². The maximum Gasteiger partial charge on any atom is 0.0389 e. The fourth-order valence-electron chi connectivity index (χ4n) is 2.05. The molecule has 0 bridgehead atoms. The molecule has 3 heteroatoms. The highest BCUT2D eigenvalue weighted by Gasteiger charge is 2.22. The van der Waals surface area contributed by atoms with Crippen LogP contribution in [0.25, 0.3) is 0 Å². The van der Waals surface area contributed by atoms with E-state index in [1.165, 1.54) is 25.7 Å². The molecule has 2 atom stereocenters. The summed E-state index contributed by atoms with van der Waals surface area (Å²) in [5.74, 6) is 2.19. The third-order valence-corrected chi connectivity index (χ3v) is 4.44. The average molecular weight is 203 g/mol. The minimum atomic E-state index is -0.671. The number of rotatable bonds is 5. The standard InChI is InChI=1S/C10H21NOS/c1-2-7-13(12)8-10(11)9-5-3-4-6-9/h9-10H,2-8,11H2,1H3. The summed E-state index contributed by atoms with van der Waals surface area (Å²) in [4.78, 5) is 0. The molecule has 0 heterocycles. The topological polar surface area (TPSA) is 43.1 Å². The maximum absolute atomic E-state index is 11.4. The molecule has 0 amide bonds. The van der Waals surface area contributed by atoms with Crippen molar-refractivity contribution in [3.63, 3.8) is 0 Å². The quantitative estimate of drug-likeness (QED) is 0.738. The lowest BCUT2D eigenvalue weighted by Crippen LogP contribution is -2.34. The van der Waals surface area contributed by atoms with Gasteiger partial charge in [-0.3, -0.25) is 4.21 Å². The molecule has 1 rings (SSSR count). The zero-order chi connectivity index (χ0) is 9.68. The van der Waals surface area contributed by atoms with Crippen LogP contribution in [0.2, 0.25) is 0 Å². The van der Waals surface area contributed by atoms with Gasteiger partial charge in [-0.05, 0) is 25.2 Å². The Morgan fingerprint density at radius 2 is 2.08 bits per heavy atom. The van der Waals surface area contributed by atoms with E-state index in [2.05, 4.69) is 6.92 Å².